The third kappa shape index (κ3) is 3.29. The Bertz CT molecular complexity index is 532. The first-order chi connectivity index (χ1) is 9.08. The molecule has 2 aromatic carbocycles. The van der Waals surface area contributed by atoms with Crippen molar-refractivity contribution < 1.29 is 13.5 Å². The maximum atomic E-state index is 13.4. The van der Waals surface area contributed by atoms with Crippen molar-refractivity contribution in [2.45, 2.75) is 19.6 Å². The molecule has 2 aromatic rings. The molecular formula is C15H15F2NO. The van der Waals surface area contributed by atoms with E-state index in [0.29, 0.717) is 5.75 Å². The second-order valence-electron chi connectivity index (χ2n) is 4.35. The minimum atomic E-state index is -0.604. The largest absolute Gasteiger partial charge is 0.489 e. The van der Waals surface area contributed by atoms with E-state index in [2.05, 4.69) is 0 Å². The predicted octanol–water partition coefficient (Wildman–Crippen LogP) is 3.56. The Balaban J connectivity index is 2.06. The van der Waals surface area contributed by atoms with Gasteiger partial charge in [0.05, 0.1) is 5.56 Å². The molecule has 2 nitrogen and oxygen atoms in total. The van der Waals surface area contributed by atoms with Gasteiger partial charge in [-0.25, -0.2) is 8.78 Å². The Kier molecular flexibility index (Phi) is 4.12. The maximum Gasteiger partial charge on any atom is 0.132 e. The Morgan fingerprint density at radius 1 is 1.05 bits per heavy atom. The van der Waals surface area contributed by atoms with Gasteiger partial charge in [-0.1, -0.05) is 18.2 Å². The molecule has 0 aliphatic rings. The number of ether oxygens (including phenoxy) is 1. The van der Waals surface area contributed by atoms with Crippen LogP contribution >= 0.6 is 0 Å². The van der Waals surface area contributed by atoms with Crippen LogP contribution < -0.4 is 10.5 Å². The maximum absolute atomic E-state index is 13.4. The molecule has 0 spiro atoms. The first-order valence-electron chi connectivity index (χ1n) is 5.99. The molecule has 1 unspecified atom stereocenters. The van der Waals surface area contributed by atoms with Gasteiger partial charge in [-0.2, -0.15) is 0 Å². The molecule has 0 radical (unpaired) electrons. The Hall–Kier alpha value is -1.94. The number of halogens is 2. The fraction of sp³-hybridized carbons (Fsp3) is 0.200. The first kappa shape index (κ1) is 13.5. The zero-order valence-electron chi connectivity index (χ0n) is 10.6. The monoisotopic (exact) mass is 263 g/mol. The summed E-state index contributed by atoms with van der Waals surface area (Å²) in [7, 11) is 0. The van der Waals surface area contributed by atoms with Crippen LogP contribution in [0.5, 0.6) is 5.75 Å². The number of hydrogen-bond acceptors (Lipinski definition) is 2. The minimum absolute atomic E-state index is 0.0573. The Morgan fingerprint density at radius 3 is 2.16 bits per heavy atom. The van der Waals surface area contributed by atoms with Crippen LogP contribution in [-0.4, -0.2) is 0 Å². The first-order valence-corrected chi connectivity index (χ1v) is 5.99. The summed E-state index contributed by atoms with van der Waals surface area (Å²) in [5.41, 5.74) is 6.63. The molecule has 2 rings (SSSR count). The van der Waals surface area contributed by atoms with E-state index in [9.17, 15) is 8.78 Å². The predicted molar refractivity (Wildman–Crippen MR) is 69.7 cm³/mol. The van der Waals surface area contributed by atoms with E-state index in [4.69, 9.17) is 10.5 Å². The van der Waals surface area contributed by atoms with E-state index in [1.54, 1.807) is 12.1 Å². The van der Waals surface area contributed by atoms with Gasteiger partial charge in [-0.05, 0) is 36.8 Å². The van der Waals surface area contributed by atoms with Gasteiger partial charge in [0.25, 0.3) is 0 Å². The van der Waals surface area contributed by atoms with Crippen LogP contribution in [0, 0.1) is 11.6 Å². The van der Waals surface area contributed by atoms with Crippen molar-refractivity contribution in [3.05, 3.63) is 65.2 Å². The second-order valence-corrected chi connectivity index (χ2v) is 4.35. The standard InChI is InChI=1S/C15H15F2NO/c1-10(18)11-5-7-12(8-6-11)19-9-13-14(16)3-2-4-15(13)17/h2-8,10H,9,18H2,1H3. The highest BCUT2D eigenvalue weighted by molar-refractivity contribution is 5.29. The molecule has 1 atom stereocenters. The number of hydrogen-bond donors (Lipinski definition) is 1. The zero-order chi connectivity index (χ0) is 13.8. The highest BCUT2D eigenvalue weighted by Crippen LogP contribution is 2.19. The molecule has 0 saturated carbocycles. The lowest BCUT2D eigenvalue weighted by Crippen LogP contribution is -2.05. The van der Waals surface area contributed by atoms with E-state index in [1.807, 2.05) is 19.1 Å². The van der Waals surface area contributed by atoms with Crippen LogP contribution in [0.4, 0.5) is 8.78 Å². The molecule has 0 saturated heterocycles. The number of benzene rings is 2. The van der Waals surface area contributed by atoms with Crippen molar-refractivity contribution in [2.75, 3.05) is 0 Å². The molecular weight excluding hydrogens is 248 g/mol. The molecule has 19 heavy (non-hydrogen) atoms. The summed E-state index contributed by atoms with van der Waals surface area (Å²) >= 11 is 0. The Labute approximate surface area is 110 Å². The van der Waals surface area contributed by atoms with Gasteiger partial charge in [0, 0.05) is 6.04 Å². The van der Waals surface area contributed by atoms with E-state index in [-0.39, 0.29) is 18.2 Å². The average molecular weight is 263 g/mol. The summed E-state index contributed by atoms with van der Waals surface area (Å²) in [5.74, 6) is -0.661. The fourth-order valence-corrected chi connectivity index (χ4v) is 1.69. The molecule has 0 aliphatic heterocycles. The van der Waals surface area contributed by atoms with Gasteiger partial charge < -0.3 is 10.5 Å². The van der Waals surface area contributed by atoms with Gasteiger partial charge in [0.2, 0.25) is 0 Å². The van der Waals surface area contributed by atoms with Gasteiger partial charge in [-0.15, -0.1) is 0 Å². The van der Waals surface area contributed by atoms with E-state index in [1.165, 1.54) is 18.2 Å². The lowest BCUT2D eigenvalue weighted by molar-refractivity contribution is 0.292. The van der Waals surface area contributed by atoms with Gasteiger partial charge in [0.1, 0.15) is 24.0 Å². The molecule has 0 aliphatic carbocycles. The summed E-state index contributed by atoms with van der Waals surface area (Å²) in [4.78, 5) is 0. The van der Waals surface area contributed by atoms with E-state index in [0.717, 1.165) is 5.56 Å². The van der Waals surface area contributed by atoms with Crippen LogP contribution in [0.25, 0.3) is 0 Å². The van der Waals surface area contributed by atoms with Crippen molar-refractivity contribution in [1.82, 2.24) is 0 Å². The van der Waals surface area contributed by atoms with Crippen LogP contribution in [0.2, 0.25) is 0 Å². The molecule has 0 aromatic heterocycles. The number of rotatable bonds is 4. The van der Waals surface area contributed by atoms with Crippen LogP contribution in [0.1, 0.15) is 24.1 Å². The summed E-state index contributed by atoms with van der Waals surface area (Å²) in [6.07, 6.45) is 0. The van der Waals surface area contributed by atoms with Gasteiger partial charge in [-0.3, -0.25) is 0 Å². The van der Waals surface area contributed by atoms with Gasteiger partial charge >= 0.3 is 0 Å². The molecule has 0 bridgehead atoms. The van der Waals surface area contributed by atoms with Crippen molar-refractivity contribution in [3.8, 4) is 5.75 Å². The van der Waals surface area contributed by atoms with Crippen molar-refractivity contribution in [2.24, 2.45) is 5.73 Å². The molecule has 2 N–H and O–H groups in total. The quantitative estimate of drug-likeness (QED) is 0.915. The van der Waals surface area contributed by atoms with Crippen molar-refractivity contribution >= 4 is 0 Å². The summed E-state index contributed by atoms with van der Waals surface area (Å²) in [5, 5.41) is 0. The van der Waals surface area contributed by atoms with Crippen LogP contribution in [-0.2, 0) is 6.61 Å². The third-order valence-corrected chi connectivity index (χ3v) is 2.85. The number of nitrogens with two attached hydrogens (primary N) is 1. The zero-order valence-corrected chi connectivity index (χ0v) is 10.6. The third-order valence-electron chi connectivity index (χ3n) is 2.85. The minimum Gasteiger partial charge on any atom is -0.489 e. The summed E-state index contributed by atoms with van der Waals surface area (Å²) in [6, 6.07) is 10.8. The SMILES string of the molecule is CC(N)c1ccc(OCc2c(F)cccc2F)cc1. The topological polar surface area (TPSA) is 35.2 Å². The molecule has 0 heterocycles. The van der Waals surface area contributed by atoms with E-state index < -0.39 is 11.6 Å². The highest BCUT2D eigenvalue weighted by Gasteiger charge is 2.09. The smallest absolute Gasteiger partial charge is 0.132 e. The summed E-state index contributed by atoms with van der Waals surface area (Å²) in [6.45, 7) is 1.74. The van der Waals surface area contributed by atoms with Crippen molar-refractivity contribution in [3.63, 3.8) is 0 Å². The lowest BCUT2D eigenvalue weighted by atomic mass is 10.1. The average Bonchev–Trinajstić information content (AvgIpc) is 2.38. The normalized spacial score (nSPS) is 12.2. The lowest BCUT2D eigenvalue weighted by Gasteiger charge is -2.10. The van der Waals surface area contributed by atoms with Crippen molar-refractivity contribution in [1.29, 1.82) is 0 Å². The Morgan fingerprint density at radius 2 is 1.63 bits per heavy atom. The summed E-state index contributed by atoms with van der Waals surface area (Å²) < 4.78 is 32.1. The fourth-order valence-electron chi connectivity index (χ4n) is 1.69. The van der Waals surface area contributed by atoms with Crippen LogP contribution in [0.15, 0.2) is 42.5 Å². The molecule has 4 heteroatoms. The van der Waals surface area contributed by atoms with Crippen LogP contribution in [0.3, 0.4) is 0 Å². The molecule has 0 amide bonds. The second kappa shape index (κ2) is 5.80. The molecule has 0 fully saturated rings. The van der Waals surface area contributed by atoms with E-state index >= 15 is 0 Å². The highest BCUT2D eigenvalue weighted by atomic mass is 19.1. The van der Waals surface area contributed by atoms with Gasteiger partial charge in [0.15, 0.2) is 0 Å². The molecule has 100 valence electrons.